The van der Waals surface area contributed by atoms with Gasteiger partial charge >= 0.3 is 6.18 Å². The topological polar surface area (TPSA) is 15.3 Å². The molecule has 1 atom stereocenters. The lowest BCUT2D eigenvalue weighted by Crippen LogP contribution is -2.38. The second-order valence-corrected chi connectivity index (χ2v) is 5.12. The van der Waals surface area contributed by atoms with E-state index in [0.717, 1.165) is 5.56 Å². The van der Waals surface area contributed by atoms with Crippen LogP contribution in [-0.2, 0) is 6.42 Å². The predicted molar refractivity (Wildman–Crippen MR) is 69.0 cm³/mol. The maximum atomic E-state index is 12.8. The lowest BCUT2D eigenvalue weighted by molar-refractivity contribution is -0.175. The van der Waals surface area contributed by atoms with Crippen molar-refractivity contribution in [2.45, 2.75) is 12.6 Å². The van der Waals surface area contributed by atoms with Crippen LogP contribution in [0.2, 0.25) is 0 Å². The van der Waals surface area contributed by atoms with Crippen LogP contribution in [0.1, 0.15) is 5.56 Å². The number of hydrogen-bond acceptors (Lipinski definition) is 2. The number of nitrogens with zero attached hydrogens (tertiary/aromatic N) is 1. The van der Waals surface area contributed by atoms with E-state index in [-0.39, 0.29) is 18.9 Å². The van der Waals surface area contributed by atoms with Crippen LogP contribution in [0, 0.1) is 11.7 Å². The first kappa shape index (κ1) is 15.3. The predicted octanol–water partition coefficient (Wildman–Crippen LogP) is 2.45. The molecule has 2 rings (SSSR count). The molecule has 0 saturated carbocycles. The first-order valence-corrected chi connectivity index (χ1v) is 6.69. The molecular formula is C14H18F4N2. The summed E-state index contributed by atoms with van der Waals surface area (Å²) in [7, 11) is 0. The van der Waals surface area contributed by atoms with Gasteiger partial charge in [-0.05, 0) is 24.1 Å². The molecule has 2 nitrogen and oxygen atoms in total. The quantitative estimate of drug-likeness (QED) is 0.860. The average Bonchev–Trinajstić information content (AvgIpc) is 2.63. The normalized spacial score (nSPS) is 21.7. The van der Waals surface area contributed by atoms with E-state index in [1.807, 2.05) is 4.90 Å². The van der Waals surface area contributed by atoms with Gasteiger partial charge in [-0.15, -0.1) is 0 Å². The van der Waals surface area contributed by atoms with Crippen LogP contribution in [0.4, 0.5) is 17.6 Å². The van der Waals surface area contributed by atoms with E-state index in [1.54, 1.807) is 12.1 Å². The molecular weight excluding hydrogens is 272 g/mol. The second-order valence-electron chi connectivity index (χ2n) is 5.12. The number of alkyl halides is 3. The molecule has 0 aromatic heterocycles. The molecule has 20 heavy (non-hydrogen) atoms. The highest BCUT2D eigenvalue weighted by Crippen LogP contribution is 2.27. The summed E-state index contributed by atoms with van der Waals surface area (Å²) in [5.41, 5.74) is 0.937. The molecule has 6 heteroatoms. The summed E-state index contributed by atoms with van der Waals surface area (Å²) in [6.07, 6.45) is -3.53. The van der Waals surface area contributed by atoms with Crippen LogP contribution >= 0.6 is 0 Å². The van der Waals surface area contributed by atoms with Gasteiger partial charge in [-0.25, -0.2) is 4.39 Å². The van der Waals surface area contributed by atoms with Crippen molar-refractivity contribution in [1.29, 1.82) is 0 Å². The van der Waals surface area contributed by atoms with Gasteiger partial charge < -0.3 is 10.2 Å². The molecule has 112 valence electrons. The van der Waals surface area contributed by atoms with Crippen molar-refractivity contribution in [2.75, 3.05) is 32.7 Å². The Morgan fingerprint density at radius 1 is 1.20 bits per heavy atom. The van der Waals surface area contributed by atoms with Crippen LogP contribution in [0.5, 0.6) is 0 Å². The molecule has 0 radical (unpaired) electrons. The fourth-order valence-corrected chi connectivity index (χ4v) is 2.34. The van der Waals surface area contributed by atoms with Crippen LogP contribution in [0.15, 0.2) is 24.3 Å². The smallest absolute Gasteiger partial charge is 0.315 e. The number of benzene rings is 1. The molecule has 1 aromatic rings. The lowest BCUT2D eigenvalue weighted by Gasteiger charge is -2.25. The van der Waals surface area contributed by atoms with E-state index in [2.05, 4.69) is 5.32 Å². The van der Waals surface area contributed by atoms with E-state index < -0.39 is 12.1 Å². The van der Waals surface area contributed by atoms with E-state index in [4.69, 9.17) is 0 Å². The Bertz CT molecular complexity index is 416. The van der Waals surface area contributed by atoms with Crippen molar-refractivity contribution in [1.82, 2.24) is 10.2 Å². The number of hydrogen-bond donors (Lipinski definition) is 1. The zero-order chi connectivity index (χ0) is 14.6. The summed E-state index contributed by atoms with van der Waals surface area (Å²) >= 11 is 0. The molecule has 1 aliphatic heterocycles. The van der Waals surface area contributed by atoms with Crippen LogP contribution < -0.4 is 5.32 Å². The Labute approximate surface area is 115 Å². The molecule has 1 unspecified atom stereocenters. The molecule has 1 aromatic carbocycles. The van der Waals surface area contributed by atoms with Gasteiger partial charge in [0.2, 0.25) is 0 Å². The number of nitrogens with one attached hydrogen (secondary N) is 1. The summed E-state index contributed by atoms with van der Waals surface area (Å²) in [5, 5.41) is 2.83. The molecule has 1 heterocycles. The van der Waals surface area contributed by atoms with Crippen molar-refractivity contribution in [3.05, 3.63) is 35.6 Å². The first-order valence-electron chi connectivity index (χ1n) is 6.69. The summed E-state index contributed by atoms with van der Waals surface area (Å²) in [5.74, 6) is -1.62. The highest BCUT2D eigenvalue weighted by atomic mass is 19.4. The number of rotatable bonds is 3. The van der Waals surface area contributed by atoms with Crippen LogP contribution in [0.3, 0.4) is 0 Å². The summed E-state index contributed by atoms with van der Waals surface area (Å²) in [6, 6.07) is 6.09. The van der Waals surface area contributed by atoms with Crippen molar-refractivity contribution in [3.63, 3.8) is 0 Å². The number of halogens is 4. The van der Waals surface area contributed by atoms with Crippen molar-refractivity contribution < 1.29 is 17.6 Å². The van der Waals surface area contributed by atoms with Gasteiger partial charge in [0.15, 0.2) is 0 Å². The fraction of sp³-hybridized carbons (Fsp3) is 0.571. The molecule has 1 aliphatic rings. The molecule has 1 fully saturated rings. The van der Waals surface area contributed by atoms with Gasteiger partial charge in [-0.3, -0.25) is 0 Å². The fourth-order valence-electron chi connectivity index (χ4n) is 2.34. The molecule has 0 bridgehead atoms. The van der Waals surface area contributed by atoms with Crippen molar-refractivity contribution in [2.24, 2.45) is 5.92 Å². The monoisotopic (exact) mass is 290 g/mol. The molecule has 1 saturated heterocycles. The minimum atomic E-state index is -4.16. The Balaban J connectivity index is 1.89. The average molecular weight is 290 g/mol. The zero-order valence-electron chi connectivity index (χ0n) is 11.1. The third-order valence-corrected chi connectivity index (χ3v) is 3.57. The standard InChI is InChI=1S/C14H18F4N2/c15-13-3-1-11(2-4-13)5-7-20-8-6-19-9-12(10-20)14(16,17)18/h1-4,12,19H,5-10H2. The van der Waals surface area contributed by atoms with Crippen LogP contribution in [0.25, 0.3) is 0 Å². The Morgan fingerprint density at radius 2 is 1.90 bits per heavy atom. The Kier molecular flexibility index (Phi) is 4.99. The van der Waals surface area contributed by atoms with E-state index in [9.17, 15) is 17.6 Å². The van der Waals surface area contributed by atoms with Crippen molar-refractivity contribution >= 4 is 0 Å². The van der Waals surface area contributed by atoms with Gasteiger partial charge in [-0.2, -0.15) is 13.2 Å². The minimum absolute atomic E-state index is 0.0173. The van der Waals surface area contributed by atoms with Crippen molar-refractivity contribution in [3.8, 4) is 0 Å². The molecule has 0 aliphatic carbocycles. The lowest BCUT2D eigenvalue weighted by atomic mass is 10.1. The van der Waals surface area contributed by atoms with E-state index >= 15 is 0 Å². The molecule has 0 amide bonds. The Hall–Kier alpha value is -1.14. The summed E-state index contributed by atoms with van der Waals surface area (Å²) in [6.45, 7) is 1.73. The minimum Gasteiger partial charge on any atom is -0.315 e. The van der Waals surface area contributed by atoms with E-state index in [1.165, 1.54) is 12.1 Å². The van der Waals surface area contributed by atoms with Gasteiger partial charge in [0.25, 0.3) is 0 Å². The van der Waals surface area contributed by atoms with E-state index in [0.29, 0.717) is 26.1 Å². The molecule has 1 N–H and O–H groups in total. The second kappa shape index (κ2) is 6.54. The third kappa shape index (κ3) is 4.45. The summed E-state index contributed by atoms with van der Waals surface area (Å²) < 4.78 is 51.2. The summed E-state index contributed by atoms with van der Waals surface area (Å²) in [4.78, 5) is 1.82. The van der Waals surface area contributed by atoms with Gasteiger partial charge in [0.1, 0.15) is 5.82 Å². The molecule has 0 spiro atoms. The maximum Gasteiger partial charge on any atom is 0.394 e. The van der Waals surface area contributed by atoms with Gasteiger partial charge in [0, 0.05) is 32.7 Å². The SMILES string of the molecule is Fc1ccc(CCN2CCNCC(C(F)(F)F)C2)cc1. The first-order chi connectivity index (χ1) is 9.45. The largest absolute Gasteiger partial charge is 0.394 e. The highest BCUT2D eigenvalue weighted by Gasteiger charge is 2.40. The van der Waals surface area contributed by atoms with Gasteiger partial charge in [-0.1, -0.05) is 12.1 Å². The maximum absolute atomic E-state index is 12.8. The third-order valence-electron chi connectivity index (χ3n) is 3.57. The zero-order valence-corrected chi connectivity index (χ0v) is 11.1. The van der Waals surface area contributed by atoms with Gasteiger partial charge in [0.05, 0.1) is 5.92 Å². The Morgan fingerprint density at radius 3 is 2.55 bits per heavy atom. The van der Waals surface area contributed by atoms with Crippen LogP contribution in [-0.4, -0.2) is 43.8 Å². The highest BCUT2D eigenvalue weighted by molar-refractivity contribution is 5.16.